The number of nitrogens with zero attached hydrogens (tertiary/aromatic N) is 2. The Kier molecular flexibility index (Phi) is 3.40. The zero-order valence-electron chi connectivity index (χ0n) is 7.60. The van der Waals surface area contributed by atoms with Gasteiger partial charge in [0.25, 0.3) is 0 Å². The minimum atomic E-state index is -4.47. The Hall–Kier alpha value is -1.17. The van der Waals surface area contributed by atoms with Gasteiger partial charge in [-0.25, -0.2) is 9.97 Å². The van der Waals surface area contributed by atoms with Crippen LogP contribution in [0.5, 0.6) is 0 Å². The average molecular weight is 205 g/mol. The lowest BCUT2D eigenvalue weighted by Gasteiger charge is -2.06. The van der Waals surface area contributed by atoms with E-state index in [4.69, 9.17) is 0 Å². The quantitative estimate of drug-likeness (QED) is 0.814. The van der Waals surface area contributed by atoms with E-state index in [-0.39, 0.29) is 0 Å². The highest BCUT2D eigenvalue weighted by Gasteiger charge is 2.34. The number of hydrogen-bond acceptors (Lipinski definition) is 3. The number of alkyl halides is 3. The molecule has 1 rings (SSSR count). The van der Waals surface area contributed by atoms with Crippen molar-refractivity contribution in [2.45, 2.75) is 19.6 Å². The summed E-state index contributed by atoms with van der Waals surface area (Å²) in [5, 5.41) is 2.89. The Balaban J connectivity index is 2.79. The van der Waals surface area contributed by atoms with Crippen LogP contribution >= 0.6 is 0 Å². The highest BCUT2D eigenvalue weighted by Crippen LogP contribution is 2.25. The Morgan fingerprint density at radius 2 is 2.14 bits per heavy atom. The maximum absolute atomic E-state index is 12.1. The molecule has 0 aromatic carbocycles. The second-order valence-electron chi connectivity index (χ2n) is 2.65. The van der Waals surface area contributed by atoms with Crippen molar-refractivity contribution in [2.75, 3.05) is 6.54 Å². The van der Waals surface area contributed by atoms with Gasteiger partial charge >= 0.3 is 6.18 Å². The fourth-order valence-corrected chi connectivity index (χ4v) is 0.884. The van der Waals surface area contributed by atoms with Crippen molar-refractivity contribution in [1.29, 1.82) is 0 Å². The Morgan fingerprint density at radius 1 is 1.43 bits per heavy atom. The molecule has 0 saturated heterocycles. The third-order valence-electron chi connectivity index (χ3n) is 1.52. The molecule has 0 unspecified atom stereocenters. The molecule has 0 aliphatic heterocycles. The first-order chi connectivity index (χ1) is 6.54. The monoisotopic (exact) mass is 205 g/mol. The highest BCUT2D eigenvalue weighted by atomic mass is 19.4. The lowest BCUT2D eigenvalue weighted by atomic mass is 10.4. The molecule has 0 bridgehead atoms. The van der Waals surface area contributed by atoms with Crippen LogP contribution < -0.4 is 5.32 Å². The van der Waals surface area contributed by atoms with Crippen molar-refractivity contribution in [1.82, 2.24) is 15.3 Å². The van der Waals surface area contributed by atoms with Gasteiger partial charge in [-0.3, -0.25) is 0 Å². The Bertz CT molecular complexity index is 298. The SMILES string of the molecule is CCNCc1ccnc(C(F)(F)F)n1. The molecule has 14 heavy (non-hydrogen) atoms. The molecule has 0 fully saturated rings. The number of rotatable bonds is 3. The Labute approximate surface area is 79.4 Å². The predicted molar refractivity (Wildman–Crippen MR) is 44.4 cm³/mol. The molecular formula is C8H10F3N3. The first-order valence-corrected chi connectivity index (χ1v) is 4.14. The first kappa shape index (κ1) is 10.9. The summed E-state index contributed by atoms with van der Waals surface area (Å²) in [6.07, 6.45) is -3.36. The molecule has 6 heteroatoms. The van der Waals surface area contributed by atoms with Gasteiger partial charge in [0.1, 0.15) is 0 Å². The molecule has 1 heterocycles. The summed E-state index contributed by atoms with van der Waals surface area (Å²) in [7, 11) is 0. The average Bonchev–Trinajstić information content (AvgIpc) is 2.14. The van der Waals surface area contributed by atoms with Crippen molar-refractivity contribution in [3.8, 4) is 0 Å². The van der Waals surface area contributed by atoms with Crippen molar-refractivity contribution in [2.24, 2.45) is 0 Å². The largest absolute Gasteiger partial charge is 0.451 e. The molecular weight excluding hydrogens is 195 g/mol. The summed E-state index contributed by atoms with van der Waals surface area (Å²) in [4.78, 5) is 6.54. The fourth-order valence-electron chi connectivity index (χ4n) is 0.884. The van der Waals surface area contributed by atoms with Gasteiger partial charge in [0.2, 0.25) is 5.82 Å². The van der Waals surface area contributed by atoms with E-state index in [0.29, 0.717) is 18.8 Å². The molecule has 1 aromatic heterocycles. The van der Waals surface area contributed by atoms with Crippen LogP contribution in [-0.4, -0.2) is 16.5 Å². The topological polar surface area (TPSA) is 37.8 Å². The van der Waals surface area contributed by atoms with Crippen molar-refractivity contribution >= 4 is 0 Å². The zero-order chi connectivity index (χ0) is 10.6. The van der Waals surface area contributed by atoms with Crippen LogP contribution in [0.1, 0.15) is 18.4 Å². The molecule has 1 N–H and O–H groups in total. The van der Waals surface area contributed by atoms with Crippen molar-refractivity contribution < 1.29 is 13.2 Å². The van der Waals surface area contributed by atoms with E-state index >= 15 is 0 Å². The third-order valence-corrected chi connectivity index (χ3v) is 1.52. The summed E-state index contributed by atoms with van der Waals surface area (Å²) in [6.45, 7) is 2.87. The van der Waals surface area contributed by atoms with Crippen LogP contribution in [-0.2, 0) is 12.7 Å². The maximum Gasteiger partial charge on any atom is 0.451 e. The summed E-state index contributed by atoms with van der Waals surface area (Å²) >= 11 is 0. The molecule has 0 spiro atoms. The molecule has 0 aliphatic carbocycles. The third kappa shape index (κ3) is 2.95. The first-order valence-electron chi connectivity index (χ1n) is 4.14. The van der Waals surface area contributed by atoms with E-state index < -0.39 is 12.0 Å². The van der Waals surface area contributed by atoms with Crippen molar-refractivity contribution in [3.63, 3.8) is 0 Å². The summed E-state index contributed by atoms with van der Waals surface area (Å²) in [5.74, 6) is -1.09. The minimum absolute atomic E-state index is 0.322. The predicted octanol–water partition coefficient (Wildman–Crippen LogP) is 1.60. The zero-order valence-corrected chi connectivity index (χ0v) is 7.60. The van der Waals surface area contributed by atoms with Gasteiger partial charge in [-0.15, -0.1) is 0 Å². The van der Waals surface area contributed by atoms with E-state index in [1.807, 2.05) is 6.92 Å². The van der Waals surface area contributed by atoms with Crippen LogP contribution in [0, 0.1) is 0 Å². The van der Waals surface area contributed by atoms with E-state index in [0.717, 1.165) is 6.20 Å². The molecule has 0 saturated carbocycles. The molecule has 78 valence electrons. The molecule has 0 radical (unpaired) electrons. The fraction of sp³-hybridized carbons (Fsp3) is 0.500. The van der Waals surface area contributed by atoms with Gasteiger partial charge < -0.3 is 5.32 Å². The maximum atomic E-state index is 12.1. The van der Waals surface area contributed by atoms with Crippen molar-refractivity contribution in [3.05, 3.63) is 23.8 Å². The lowest BCUT2D eigenvalue weighted by molar-refractivity contribution is -0.145. The lowest BCUT2D eigenvalue weighted by Crippen LogP contribution is -2.16. The van der Waals surface area contributed by atoms with Crippen LogP contribution in [0.3, 0.4) is 0 Å². The molecule has 1 aromatic rings. The van der Waals surface area contributed by atoms with Gasteiger partial charge in [0.05, 0.1) is 5.69 Å². The number of hydrogen-bond donors (Lipinski definition) is 1. The van der Waals surface area contributed by atoms with E-state index in [1.54, 1.807) is 0 Å². The van der Waals surface area contributed by atoms with Gasteiger partial charge in [0, 0.05) is 12.7 Å². The van der Waals surface area contributed by atoms with E-state index in [2.05, 4.69) is 15.3 Å². The van der Waals surface area contributed by atoms with Crippen LogP contribution in [0.15, 0.2) is 12.3 Å². The van der Waals surface area contributed by atoms with Crippen LogP contribution in [0.4, 0.5) is 13.2 Å². The molecule has 3 nitrogen and oxygen atoms in total. The summed E-state index contributed by atoms with van der Waals surface area (Å²) in [6, 6.07) is 1.46. The molecule has 0 atom stereocenters. The van der Waals surface area contributed by atoms with E-state index in [9.17, 15) is 13.2 Å². The highest BCUT2D eigenvalue weighted by molar-refractivity contribution is 5.04. The standard InChI is InChI=1S/C8H10F3N3/c1-2-12-5-6-3-4-13-7(14-6)8(9,10)11/h3-4,12H,2,5H2,1H3. The van der Waals surface area contributed by atoms with Gasteiger partial charge in [-0.05, 0) is 12.6 Å². The second-order valence-corrected chi connectivity index (χ2v) is 2.65. The van der Waals surface area contributed by atoms with Crippen LogP contribution in [0.2, 0.25) is 0 Å². The van der Waals surface area contributed by atoms with Gasteiger partial charge in [-0.1, -0.05) is 6.92 Å². The summed E-state index contributed by atoms with van der Waals surface area (Å²) < 4.78 is 36.4. The minimum Gasteiger partial charge on any atom is -0.311 e. The van der Waals surface area contributed by atoms with Gasteiger partial charge in [0.15, 0.2) is 0 Å². The Morgan fingerprint density at radius 3 is 2.71 bits per heavy atom. The molecule has 0 aliphatic rings. The second kappa shape index (κ2) is 4.36. The summed E-state index contributed by atoms with van der Waals surface area (Å²) in [5.41, 5.74) is 0.342. The number of aromatic nitrogens is 2. The normalized spacial score (nSPS) is 11.7. The smallest absolute Gasteiger partial charge is 0.311 e. The molecule has 0 amide bonds. The number of nitrogens with one attached hydrogen (secondary N) is 1. The van der Waals surface area contributed by atoms with Gasteiger partial charge in [-0.2, -0.15) is 13.2 Å². The van der Waals surface area contributed by atoms with Crippen LogP contribution in [0.25, 0.3) is 0 Å². The van der Waals surface area contributed by atoms with E-state index in [1.165, 1.54) is 6.07 Å². The number of halogens is 3.